The summed E-state index contributed by atoms with van der Waals surface area (Å²) in [6.07, 6.45) is 0. The van der Waals surface area contributed by atoms with Crippen LogP contribution in [0.1, 0.15) is 22.0 Å². The van der Waals surface area contributed by atoms with Crippen molar-refractivity contribution in [3.63, 3.8) is 0 Å². The molecule has 0 saturated carbocycles. The largest absolute Gasteiger partial charge is 0.507 e. The van der Waals surface area contributed by atoms with E-state index in [-0.39, 0.29) is 23.7 Å². The van der Waals surface area contributed by atoms with Crippen molar-refractivity contribution in [2.75, 3.05) is 0 Å². The lowest BCUT2D eigenvalue weighted by atomic mass is 10.00. The van der Waals surface area contributed by atoms with Crippen molar-refractivity contribution >= 4 is 40.4 Å². The van der Waals surface area contributed by atoms with Crippen LogP contribution in [-0.2, 0) is 16.1 Å². The van der Waals surface area contributed by atoms with Crippen molar-refractivity contribution in [2.45, 2.75) is 12.6 Å². The summed E-state index contributed by atoms with van der Waals surface area (Å²) in [6, 6.07) is 15.1. The highest BCUT2D eigenvalue weighted by Gasteiger charge is 2.46. The number of ketones is 1. The van der Waals surface area contributed by atoms with Gasteiger partial charge in [0.15, 0.2) is 0 Å². The zero-order valence-corrected chi connectivity index (χ0v) is 16.6. The van der Waals surface area contributed by atoms with Gasteiger partial charge in [0, 0.05) is 22.0 Å². The molecule has 0 spiro atoms. The quantitative estimate of drug-likeness (QED) is 0.355. The molecular weight excluding hydrogens is 413 g/mol. The Kier molecular flexibility index (Phi) is 5.22. The van der Waals surface area contributed by atoms with Crippen molar-refractivity contribution < 1.29 is 19.1 Å². The molecule has 29 heavy (non-hydrogen) atoms. The Morgan fingerprint density at radius 2 is 1.86 bits per heavy atom. The minimum absolute atomic E-state index is 0.0156. The van der Waals surface area contributed by atoms with Gasteiger partial charge in [0.05, 0.1) is 11.6 Å². The van der Waals surface area contributed by atoms with Crippen LogP contribution in [0.5, 0.6) is 0 Å². The second-order valence-electron chi connectivity index (χ2n) is 6.58. The van der Waals surface area contributed by atoms with Crippen LogP contribution in [-0.4, -0.2) is 21.7 Å². The normalized spacial score (nSPS) is 18.4. The Hall–Kier alpha value is -2.96. The van der Waals surface area contributed by atoms with Gasteiger partial charge in [0.1, 0.15) is 11.6 Å². The highest BCUT2D eigenvalue weighted by Crippen LogP contribution is 2.42. The lowest BCUT2D eigenvalue weighted by Gasteiger charge is -2.24. The number of aliphatic hydroxyl groups is 1. The fourth-order valence-corrected chi connectivity index (χ4v) is 4.40. The smallest absolute Gasteiger partial charge is 0.295 e. The molecule has 1 aromatic heterocycles. The first-order chi connectivity index (χ1) is 14.0. The molecule has 0 radical (unpaired) electrons. The molecule has 0 aliphatic carbocycles. The fraction of sp³-hybridized carbons (Fsp3) is 0.0909. The van der Waals surface area contributed by atoms with Crippen LogP contribution in [0.15, 0.2) is 71.6 Å². The number of amides is 1. The lowest BCUT2D eigenvalue weighted by molar-refractivity contribution is -0.140. The van der Waals surface area contributed by atoms with E-state index in [0.29, 0.717) is 16.1 Å². The van der Waals surface area contributed by atoms with Crippen LogP contribution >= 0.6 is 22.9 Å². The second-order valence-corrected chi connectivity index (χ2v) is 7.99. The Labute approximate surface area is 175 Å². The first kappa shape index (κ1) is 19.4. The maximum atomic E-state index is 13.2. The third kappa shape index (κ3) is 3.69. The molecule has 1 unspecified atom stereocenters. The number of Topliss-reactive ketones (excluding diaryl/α,β-unsaturated/α-hetero) is 1. The number of halogens is 2. The van der Waals surface area contributed by atoms with Gasteiger partial charge in [0.2, 0.25) is 0 Å². The van der Waals surface area contributed by atoms with Gasteiger partial charge in [-0.15, -0.1) is 11.3 Å². The van der Waals surface area contributed by atoms with Crippen LogP contribution in [0, 0.1) is 5.82 Å². The summed E-state index contributed by atoms with van der Waals surface area (Å²) in [5, 5.41) is 13.1. The molecule has 1 saturated heterocycles. The number of nitrogens with zero attached hydrogens (tertiary/aromatic N) is 1. The average Bonchev–Trinajstić information content (AvgIpc) is 3.32. The van der Waals surface area contributed by atoms with Crippen LogP contribution in [0.4, 0.5) is 4.39 Å². The van der Waals surface area contributed by atoms with E-state index in [9.17, 15) is 19.1 Å². The lowest BCUT2D eigenvalue weighted by Crippen LogP contribution is -2.28. The molecule has 1 N–H and O–H groups in total. The summed E-state index contributed by atoms with van der Waals surface area (Å²) in [5.41, 5.74) is 1.05. The highest BCUT2D eigenvalue weighted by atomic mass is 35.5. The van der Waals surface area contributed by atoms with Crippen LogP contribution in [0.2, 0.25) is 5.02 Å². The van der Waals surface area contributed by atoms with Crippen LogP contribution in [0.3, 0.4) is 0 Å². The zero-order chi connectivity index (χ0) is 20.5. The molecule has 3 aromatic rings. The van der Waals surface area contributed by atoms with Crippen molar-refractivity contribution in [2.24, 2.45) is 0 Å². The first-order valence-corrected chi connectivity index (χ1v) is 10.0. The van der Waals surface area contributed by atoms with Gasteiger partial charge in [-0.2, -0.15) is 0 Å². The SMILES string of the molecule is O=C1C(=O)N(Cc2ccc(F)cc2)C(c2cccs2)/C1=C(/O)c1cccc(Cl)c1. The van der Waals surface area contributed by atoms with Crippen molar-refractivity contribution in [3.05, 3.63) is 98.5 Å². The number of thiophene rings is 1. The standard InChI is InChI=1S/C22H15ClFNO3S/c23-15-4-1-3-14(11-15)20(26)18-19(17-5-2-10-29-17)25(22(28)21(18)27)12-13-6-8-16(24)9-7-13/h1-11,19,26H,12H2/b20-18-. The molecule has 4 rings (SSSR count). The molecule has 2 heterocycles. The second kappa shape index (κ2) is 7.81. The summed E-state index contributed by atoms with van der Waals surface area (Å²) < 4.78 is 13.2. The van der Waals surface area contributed by atoms with E-state index in [1.54, 1.807) is 30.3 Å². The summed E-state index contributed by atoms with van der Waals surface area (Å²) in [5.74, 6) is -2.13. The number of likely N-dealkylation sites (tertiary alicyclic amines) is 1. The number of benzene rings is 2. The van der Waals surface area contributed by atoms with Gasteiger partial charge in [-0.3, -0.25) is 9.59 Å². The Morgan fingerprint density at radius 3 is 2.52 bits per heavy atom. The predicted molar refractivity (Wildman–Crippen MR) is 110 cm³/mol. The van der Waals surface area contributed by atoms with Crippen molar-refractivity contribution in [1.29, 1.82) is 0 Å². The number of rotatable bonds is 4. The maximum absolute atomic E-state index is 13.2. The summed E-state index contributed by atoms with van der Waals surface area (Å²) in [4.78, 5) is 27.8. The highest BCUT2D eigenvalue weighted by molar-refractivity contribution is 7.10. The van der Waals surface area contributed by atoms with E-state index >= 15 is 0 Å². The van der Waals surface area contributed by atoms with Gasteiger partial charge in [0.25, 0.3) is 11.7 Å². The van der Waals surface area contributed by atoms with Gasteiger partial charge >= 0.3 is 0 Å². The summed E-state index contributed by atoms with van der Waals surface area (Å²) >= 11 is 7.40. The fourth-order valence-electron chi connectivity index (χ4n) is 3.36. The maximum Gasteiger partial charge on any atom is 0.295 e. The Bertz CT molecular complexity index is 1110. The van der Waals surface area contributed by atoms with Crippen LogP contribution in [0.25, 0.3) is 5.76 Å². The molecule has 1 aliphatic rings. The van der Waals surface area contributed by atoms with E-state index < -0.39 is 17.7 Å². The molecule has 4 nitrogen and oxygen atoms in total. The monoisotopic (exact) mass is 427 g/mol. The summed E-state index contributed by atoms with van der Waals surface area (Å²) in [7, 11) is 0. The molecule has 1 aliphatic heterocycles. The van der Waals surface area contributed by atoms with Gasteiger partial charge < -0.3 is 10.0 Å². The number of hydrogen-bond donors (Lipinski definition) is 1. The molecule has 146 valence electrons. The van der Waals surface area contributed by atoms with Gasteiger partial charge in [-0.1, -0.05) is 41.9 Å². The average molecular weight is 428 g/mol. The molecule has 2 aromatic carbocycles. The Morgan fingerprint density at radius 1 is 1.10 bits per heavy atom. The molecule has 1 atom stereocenters. The predicted octanol–water partition coefficient (Wildman–Crippen LogP) is 5.16. The topological polar surface area (TPSA) is 57.6 Å². The van der Waals surface area contributed by atoms with E-state index in [2.05, 4.69) is 0 Å². The molecule has 1 amide bonds. The van der Waals surface area contributed by atoms with E-state index in [1.807, 2.05) is 17.5 Å². The molecular formula is C22H15ClFNO3S. The zero-order valence-electron chi connectivity index (χ0n) is 15.0. The van der Waals surface area contributed by atoms with Gasteiger partial charge in [-0.25, -0.2) is 4.39 Å². The van der Waals surface area contributed by atoms with Crippen LogP contribution < -0.4 is 0 Å². The van der Waals surface area contributed by atoms with E-state index in [4.69, 9.17) is 11.6 Å². The third-order valence-electron chi connectivity index (χ3n) is 4.72. The minimum atomic E-state index is -0.761. The van der Waals surface area contributed by atoms with Gasteiger partial charge in [-0.05, 0) is 41.3 Å². The first-order valence-electron chi connectivity index (χ1n) is 8.78. The molecule has 1 fully saturated rings. The van der Waals surface area contributed by atoms with Crippen molar-refractivity contribution in [1.82, 2.24) is 4.90 Å². The van der Waals surface area contributed by atoms with E-state index in [0.717, 1.165) is 4.88 Å². The number of carbonyl (C=O) groups excluding carboxylic acids is 2. The number of aliphatic hydroxyl groups excluding tert-OH is 1. The summed E-state index contributed by atoms with van der Waals surface area (Å²) in [6.45, 7) is 0.111. The van der Waals surface area contributed by atoms with Crippen molar-refractivity contribution in [3.8, 4) is 0 Å². The minimum Gasteiger partial charge on any atom is -0.507 e. The molecule has 0 bridgehead atoms. The Balaban J connectivity index is 1.82. The number of hydrogen-bond acceptors (Lipinski definition) is 4. The third-order valence-corrected chi connectivity index (χ3v) is 5.88. The number of carbonyl (C=O) groups is 2. The van der Waals surface area contributed by atoms with E-state index in [1.165, 1.54) is 34.4 Å². The molecule has 7 heteroatoms.